The summed E-state index contributed by atoms with van der Waals surface area (Å²) in [5.74, 6) is 2.97. The molecule has 0 spiro atoms. The third-order valence-electron chi connectivity index (χ3n) is 8.35. The quantitative estimate of drug-likeness (QED) is 0.349. The molecule has 6 nitrogen and oxygen atoms in total. The van der Waals surface area contributed by atoms with Crippen LogP contribution in [-0.2, 0) is 27.1 Å². The van der Waals surface area contributed by atoms with Gasteiger partial charge in [0.25, 0.3) is 0 Å². The molecule has 5 rings (SSSR count). The Morgan fingerprint density at radius 1 is 1.10 bits per heavy atom. The maximum atomic E-state index is 14.2. The van der Waals surface area contributed by atoms with E-state index in [2.05, 4.69) is 42.3 Å². The number of amides is 1. The molecule has 2 unspecified atom stereocenters. The van der Waals surface area contributed by atoms with Gasteiger partial charge in [0, 0.05) is 18.3 Å². The average Bonchev–Trinajstić information content (AvgIpc) is 3.60. The number of hydrogen-bond acceptors (Lipinski definition) is 5. The van der Waals surface area contributed by atoms with E-state index in [9.17, 15) is 9.18 Å². The summed E-state index contributed by atoms with van der Waals surface area (Å²) in [5, 5.41) is 3.15. The summed E-state index contributed by atoms with van der Waals surface area (Å²) in [7, 11) is 0. The minimum Gasteiger partial charge on any atom is -0.494 e. The minimum absolute atomic E-state index is 0.0718. The average molecular weight is 549 g/mol. The second-order valence-corrected chi connectivity index (χ2v) is 11.1. The lowest BCUT2D eigenvalue weighted by Gasteiger charge is -2.26. The number of carbonyl (C=O) groups is 1. The first-order valence-corrected chi connectivity index (χ1v) is 14.7. The van der Waals surface area contributed by atoms with E-state index >= 15 is 0 Å². The van der Waals surface area contributed by atoms with Crippen molar-refractivity contribution in [1.29, 1.82) is 0 Å². The van der Waals surface area contributed by atoms with Crippen LogP contribution in [0.1, 0.15) is 69.7 Å². The van der Waals surface area contributed by atoms with Crippen LogP contribution in [0.3, 0.4) is 0 Å². The van der Waals surface area contributed by atoms with Crippen LogP contribution in [-0.4, -0.2) is 37.3 Å². The molecule has 2 heterocycles. The van der Waals surface area contributed by atoms with Gasteiger partial charge in [-0.3, -0.25) is 9.69 Å². The number of nitrogens with one attached hydrogen (secondary N) is 1. The molecule has 7 heteroatoms. The molecule has 2 aliphatic heterocycles. The summed E-state index contributed by atoms with van der Waals surface area (Å²) in [6.07, 6.45) is 6.36. The van der Waals surface area contributed by atoms with Gasteiger partial charge in [0.15, 0.2) is 11.5 Å². The molecular formula is C33H41FN2O4. The number of nitrogens with zero attached hydrogens (tertiary/aromatic N) is 1. The molecule has 1 aliphatic carbocycles. The van der Waals surface area contributed by atoms with E-state index in [0.29, 0.717) is 31.3 Å². The largest absolute Gasteiger partial charge is 0.494 e. The highest BCUT2D eigenvalue weighted by Gasteiger charge is 2.40. The van der Waals surface area contributed by atoms with Gasteiger partial charge in [-0.1, -0.05) is 32.9 Å². The molecule has 3 aliphatic rings. The van der Waals surface area contributed by atoms with E-state index in [1.54, 1.807) is 0 Å². The van der Waals surface area contributed by atoms with Crippen LogP contribution in [0.4, 0.5) is 10.1 Å². The first kappa shape index (κ1) is 28.2. The van der Waals surface area contributed by atoms with E-state index in [4.69, 9.17) is 14.2 Å². The predicted octanol–water partition coefficient (Wildman–Crippen LogP) is 6.92. The summed E-state index contributed by atoms with van der Waals surface area (Å²) < 4.78 is 31.4. The summed E-state index contributed by atoms with van der Waals surface area (Å²) in [6, 6.07) is 11.5. The maximum Gasteiger partial charge on any atom is 0.238 e. The molecule has 214 valence electrons. The van der Waals surface area contributed by atoms with Crippen LogP contribution in [0.5, 0.6) is 5.75 Å². The molecule has 1 N–H and O–H groups in total. The van der Waals surface area contributed by atoms with E-state index in [1.807, 2.05) is 26.0 Å². The monoisotopic (exact) mass is 548 g/mol. The second kappa shape index (κ2) is 12.5. The zero-order valence-electron chi connectivity index (χ0n) is 24.1. The zero-order chi connectivity index (χ0) is 28.2. The fourth-order valence-electron chi connectivity index (χ4n) is 6.33. The normalized spacial score (nSPS) is 22.4. The van der Waals surface area contributed by atoms with Gasteiger partial charge >= 0.3 is 0 Å². The molecule has 0 aromatic heterocycles. The predicted molar refractivity (Wildman–Crippen MR) is 154 cm³/mol. The third-order valence-corrected chi connectivity index (χ3v) is 8.35. The number of halogens is 1. The van der Waals surface area contributed by atoms with Crippen LogP contribution in [0, 0.1) is 17.7 Å². The van der Waals surface area contributed by atoms with E-state index in [0.717, 1.165) is 59.9 Å². The number of anilines is 1. The highest BCUT2D eigenvalue weighted by atomic mass is 19.1. The van der Waals surface area contributed by atoms with Gasteiger partial charge in [0.1, 0.15) is 11.6 Å². The first-order chi connectivity index (χ1) is 19.4. The molecule has 0 saturated carbocycles. The van der Waals surface area contributed by atoms with Gasteiger partial charge in [-0.15, -0.1) is 0 Å². The lowest BCUT2D eigenvalue weighted by atomic mass is 9.81. The first-order valence-electron chi connectivity index (χ1n) is 14.7. The molecule has 2 saturated heterocycles. The van der Waals surface area contributed by atoms with Crippen LogP contribution >= 0.6 is 0 Å². The van der Waals surface area contributed by atoms with Gasteiger partial charge in [-0.2, -0.15) is 0 Å². The van der Waals surface area contributed by atoms with Gasteiger partial charge in [0.05, 0.1) is 13.2 Å². The number of fused-ring (bicyclic) bond motifs is 1. The molecule has 3 atom stereocenters. The van der Waals surface area contributed by atoms with Crippen molar-refractivity contribution in [2.45, 2.75) is 65.8 Å². The number of hydrogen-bond donors (Lipinski definition) is 1. The van der Waals surface area contributed by atoms with Crippen molar-refractivity contribution in [2.75, 3.05) is 31.8 Å². The number of aryl methyl sites for hydroxylation is 2. The summed E-state index contributed by atoms with van der Waals surface area (Å²) >= 11 is 0. The Kier molecular flexibility index (Phi) is 8.79. The van der Waals surface area contributed by atoms with Crippen molar-refractivity contribution in [3.63, 3.8) is 0 Å². The molecule has 40 heavy (non-hydrogen) atoms. The fraction of sp³-hybridized carbons (Fsp3) is 0.485. The second-order valence-electron chi connectivity index (χ2n) is 11.1. The fourth-order valence-corrected chi connectivity index (χ4v) is 6.33. The SMILES string of the molecule is CCCOc1ccc([C@H]2CC(C3C=C4OCOC4=C(C)C3)CN2CC(=O)Nc2c(CC)cc(F)cc2CC)cc1. The number of ether oxygens (including phenoxy) is 3. The lowest BCUT2D eigenvalue weighted by Crippen LogP contribution is -2.34. The Morgan fingerprint density at radius 2 is 1.82 bits per heavy atom. The Labute approximate surface area is 237 Å². The number of rotatable bonds is 10. The minimum atomic E-state index is -0.258. The van der Waals surface area contributed by atoms with Gasteiger partial charge < -0.3 is 19.5 Å². The van der Waals surface area contributed by atoms with Gasteiger partial charge in [-0.05, 0) is 103 Å². The molecule has 2 aromatic carbocycles. The van der Waals surface area contributed by atoms with E-state index in [1.165, 1.54) is 23.3 Å². The number of allylic oxidation sites excluding steroid dienone is 2. The van der Waals surface area contributed by atoms with E-state index < -0.39 is 0 Å². The molecule has 0 bridgehead atoms. The molecular weight excluding hydrogens is 507 g/mol. The Bertz CT molecular complexity index is 1260. The smallest absolute Gasteiger partial charge is 0.238 e. The molecule has 2 fully saturated rings. The Balaban J connectivity index is 1.37. The van der Waals surface area contributed by atoms with Crippen molar-refractivity contribution >= 4 is 11.6 Å². The molecule has 0 radical (unpaired) electrons. The zero-order valence-corrected chi connectivity index (χ0v) is 24.1. The van der Waals surface area contributed by atoms with Crippen molar-refractivity contribution < 1.29 is 23.4 Å². The number of likely N-dealkylation sites (tertiary alicyclic amines) is 1. The van der Waals surface area contributed by atoms with Crippen LogP contribution in [0.25, 0.3) is 0 Å². The van der Waals surface area contributed by atoms with Gasteiger partial charge in [-0.25, -0.2) is 4.39 Å². The van der Waals surface area contributed by atoms with Crippen LogP contribution < -0.4 is 10.1 Å². The van der Waals surface area contributed by atoms with Crippen LogP contribution in [0.2, 0.25) is 0 Å². The molecule has 1 amide bonds. The van der Waals surface area contributed by atoms with Crippen molar-refractivity contribution in [3.05, 3.63) is 82.1 Å². The standard InChI is InChI=1S/C33H41FN2O4/c1-5-12-38-28-10-8-24(9-11-28)29-16-26(25-13-21(4)33-30(17-25)39-20-40-33)18-36(29)19-31(37)35-32-22(6-2)14-27(34)15-23(32)7-3/h8-11,14-15,17,25-26,29H,5-7,12-13,16,18-20H2,1-4H3,(H,35,37)/t25?,26?,29-/m1/s1. The summed E-state index contributed by atoms with van der Waals surface area (Å²) in [6.45, 7) is 10.2. The lowest BCUT2D eigenvalue weighted by molar-refractivity contribution is -0.117. The van der Waals surface area contributed by atoms with Crippen molar-refractivity contribution in [3.8, 4) is 5.75 Å². The highest BCUT2D eigenvalue weighted by molar-refractivity contribution is 5.94. The maximum absolute atomic E-state index is 14.2. The third kappa shape index (κ3) is 6.04. The van der Waals surface area contributed by atoms with Crippen molar-refractivity contribution in [1.82, 2.24) is 4.90 Å². The van der Waals surface area contributed by atoms with Crippen molar-refractivity contribution in [2.24, 2.45) is 11.8 Å². The Morgan fingerprint density at radius 3 is 2.50 bits per heavy atom. The summed E-state index contributed by atoms with van der Waals surface area (Å²) in [5.41, 5.74) is 4.82. The van der Waals surface area contributed by atoms with Gasteiger partial charge in [0.2, 0.25) is 12.7 Å². The molecule has 2 aromatic rings. The topological polar surface area (TPSA) is 60.0 Å². The summed E-state index contributed by atoms with van der Waals surface area (Å²) in [4.78, 5) is 15.8. The number of carbonyl (C=O) groups excluding carboxylic acids is 1. The van der Waals surface area contributed by atoms with Crippen LogP contribution in [0.15, 0.2) is 59.6 Å². The number of benzene rings is 2. The Hall–Kier alpha value is -3.32. The van der Waals surface area contributed by atoms with E-state index in [-0.39, 0.29) is 31.1 Å². The highest BCUT2D eigenvalue weighted by Crippen LogP contribution is 2.44.